The molecule has 0 aliphatic carbocycles. The van der Waals surface area contributed by atoms with Gasteiger partial charge in [0.15, 0.2) is 0 Å². The molecule has 0 radical (unpaired) electrons. The molecule has 7 nitrogen and oxygen atoms in total. The lowest BCUT2D eigenvalue weighted by Gasteiger charge is -2.33. The number of carbonyl (C=O) groups is 1. The fraction of sp³-hybridized carbons (Fsp3) is 0.409. The summed E-state index contributed by atoms with van der Waals surface area (Å²) in [4.78, 5) is 15.0. The molecule has 29 heavy (non-hydrogen) atoms. The van der Waals surface area contributed by atoms with Gasteiger partial charge in [-0.15, -0.1) is 0 Å². The summed E-state index contributed by atoms with van der Waals surface area (Å²) in [7, 11) is 1.86. The van der Waals surface area contributed by atoms with Crippen LogP contribution in [0.15, 0.2) is 41.1 Å². The Bertz CT molecular complexity index is 989. The number of aromatic nitrogens is 3. The minimum absolute atomic E-state index is 0.175. The van der Waals surface area contributed by atoms with Crippen LogP contribution in [0.5, 0.6) is 0 Å². The predicted octanol–water partition coefficient (Wildman–Crippen LogP) is 4.01. The lowest BCUT2D eigenvalue weighted by Crippen LogP contribution is -2.36. The summed E-state index contributed by atoms with van der Waals surface area (Å²) in [5.74, 6) is -0.142. The first kappa shape index (κ1) is 19.4. The second kappa shape index (κ2) is 8.21. The lowest BCUT2D eigenvalue weighted by molar-refractivity contribution is 0.0988. The van der Waals surface area contributed by atoms with Gasteiger partial charge in [0.2, 0.25) is 5.76 Å². The Morgan fingerprint density at radius 3 is 2.76 bits per heavy atom. The van der Waals surface area contributed by atoms with Gasteiger partial charge in [0.25, 0.3) is 5.91 Å². The van der Waals surface area contributed by atoms with Crippen molar-refractivity contribution in [3.8, 4) is 11.3 Å². The molecule has 3 aromatic rings. The van der Waals surface area contributed by atoms with Gasteiger partial charge < -0.3 is 9.84 Å². The maximum atomic E-state index is 12.5. The zero-order valence-electron chi connectivity index (χ0n) is 17.2. The van der Waals surface area contributed by atoms with E-state index in [9.17, 15) is 4.79 Å². The normalized spacial score (nSPS) is 17.4. The number of rotatable bonds is 5. The van der Waals surface area contributed by atoms with Crippen molar-refractivity contribution >= 4 is 11.6 Å². The van der Waals surface area contributed by atoms with Crippen LogP contribution < -0.4 is 5.32 Å². The third-order valence-corrected chi connectivity index (χ3v) is 5.78. The number of nitrogens with one attached hydrogen (secondary N) is 1. The lowest BCUT2D eigenvalue weighted by atomic mass is 10.0. The molecule has 1 saturated heterocycles. The number of anilines is 1. The van der Waals surface area contributed by atoms with E-state index in [4.69, 9.17) is 4.52 Å². The summed E-state index contributed by atoms with van der Waals surface area (Å²) in [5, 5.41) is 11.1. The average molecular weight is 393 g/mol. The molecule has 0 bridgehead atoms. The van der Waals surface area contributed by atoms with E-state index in [2.05, 4.69) is 39.5 Å². The topological polar surface area (TPSA) is 76.2 Å². The smallest absolute Gasteiger partial charge is 0.294 e. The number of piperidine rings is 1. The number of carbonyl (C=O) groups excluding carboxylic acids is 1. The van der Waals surface area contributed by atoms with E-state index in [0.29, 0.717) is 11.7 Å². The number of likely N-dealkylation sites (tertiary alicyclic amines) is 1. The summed E-state index contributed by atoms with van der Waals surface area (Å²) < 4.78 is 7.01. The van der Waals surface area contributed by atoms with Crippen LogP contribution >= 0.6 is 0 Å². The highest BCUT2D eigenvalue weighted by Gasteiger charge is 2.19. The fourth-order valence-electron chi connectivity index (χ4n) is 3.77. The average Bonchev–Trinajstić information content (AvgIpc) is 3.33. The maximum Gasteiger partial charge on any atom is 0.294 e. The molecule has 4 rings (SSSR count). The Kier molecular flexibility index (Phi) is 5.49. The van der Waals surface area contributed by atoms with Crippen molar-refractivity contribution in [3.05, 3.63) is 53.5 Å². The molecular formula is C22H27N5O2. The van der Waals surface area contributed by atoms with Crippen LogP contribution in [-0.2, 0) is 13.6 Å². The van der Waals surface area contributed by atoms with Crippen molar-refractivity contribution in [1.29, 1.82) is 0 Å². The fourth-order valence-corrected chi connectivity index (χ4v) is 3.77. The Labute approximate surface area is 170 Å². The van der Waals surface area contributed by atoms with E-state index in [0.717, 1.165) is 30.0 Å². The largest absolute Gasteiger partial charge is 0.350 e. The van der Waals surface area contributed by atoms with Crippen molar-refractivity contribution < 1.29 is 9.32 Å². The van der Waals surface area contributed by atoms with Crippen LogP contribution in [0.4, 0.5) is 5.69 Å². The Hall–Kier alpha value is -2.93. The van der Waals surface area contributed by atoms with Crippen LogP contribution in [0.1, 0.15) is 48.0 Å². The molecule has 1 aromatic carbocycles. The molecule has 1 fully saturated rings. The first-order chi connectivity index (χ1) is 14.0. The number of hydrogen-bond donors (Lipinski definition) is 1. The maximum absolute atomic E-state index is 12.5. The van der Waals surface area contributed by atoms with Gasteiger partial charge >= 0.3 is 0 Å². The highest BCUT2D eigenvalue weighted by Crippen LogP contribution is 2.23. The van der Waals surface area contributed by atoms with Crippen molar-refractivity contribution in [1.82, 2.24) is 19.8 Å². The number of hydrogen-bond acceptors (Lipinski definition) is 5. The van der Waals surface area contributed by atoms with Gasteiger partial charge in [-0.05, 0) is 50.9 Å². The molecule has 152 valence electrons. The Balaban J connectivity index is 1.39. The zero-order chi connectivity index (χ0) is 20.4. The van der Waals surface area contributed by atoms with Gasteiger partial charge in [-0.25, -0.2) is 0 Å². The van der Waals surface area contributed by atoms with Crippen LogP contribution in [0.2, 0.25) is 0 Å². The van der Waals surface area contributed by atoms with Gasteiger partial charge in [0.1, 0.15) is 5.69 Å². The van der Waals surface area contributed by atoms with Crippen molar-refractivity contribution in [2.75, 3.05) is 11.9 Å². The van der Waals surface area contributed by atoms with Crippen LogP contribution in [0, 0.1) is 6.92 Å². The predicted molar refractivity (Wildman–Crippen MR) is 112 cm³/mol. The molecule has 1 amide bonds. The molecule has 1 aliphatic heterocycles. The monoisotopic (exact) mass is 393 g/mol. The first-order valence-electron chi connectivity index (χ1n) is 10.1. The quantitative estimate of drug-likeness (QED) is 0.709. The Morgan fingerprint density at radius 2 is 2.07 bits per heavy atom. The molecule has 7 heteroatoms. The molecule has 1 atom stereocenters. The Morgan fingerprint density at radius 1 is 1.28 bits per heavy atom. The second-order valence-corrected chi connectivity index (χ2v) is 7.81. The summed E-state index contributed by atoms with van der Waals surface area (Å²) in [6, 6.07) is 10.3. The highest BCUT2D eigenvalue weighted by molar-refractivity contribution is 6.02. The summed E-state index contributed by atoms with van der Waals surface area (Å²) in [6.07, 6.45) is 5.59. The molecule has 1 N–H and O–H groups in total. The van der Waals surface area contributed by atoms with E-state index in [1.165, 1.54) is 24.8 Å². The zero-order valence-corrected chi connectivity index (χ0v) is 17.2. The molecule has 1 aliphatic rings. The molecule has 3 heterocycles. The van der Waals surface area contributed by atoms with E-state index >= 15 is 0 Å². The van der Waals surface area contributed by atoms with Gasteiger partial charge in [-0.1, -0.05) is 23.7 Å². The minimum Gasteiger partial charge on any atom is -0.350 e. The minimum atomic E-state index is -0.317. The third-order valence-electron chi connectivity index (χ3n) is 5.78. The van der Waals surface area contributed by atoms with Crippen molar-refractivity contribution in [2.45, 2.75) is 45.7 Å². The number of amides is 1. The van der Waals surface area contributed by atoms with Crippen molar-refractivity contribution in [2.24, 2.45) is 7.05 Å². The number of nitrogens with zero attached hydrogens (tertiary/aromatic N) is 4. The van der Waals surface area contributed by atoms with Crippen molar-refractivity contribution in [3.63, 3.8) is 0 Å². The van der Waals surface area contributed by atoms with Crippen LogP contribution in [0.3, 0.4) is 0 Å². The standard InChI is InChI=1S/C22H27N5O2/c1-15-6-4-5-11-27(15)14-17-7-9-18(10-8-17)24-22(28)21-12-20(25-29-21)19-13-23-26(3)16(19)2/h7-10,12-13,15H,4-6,11,14H2,1-3H3,(H,24,28). The van der Waals surface area contributed by atoms with E-state index in [-0.39, 0.29) is 11.7 Å². The molecule has 1 unspecified atom stereocenters. The van der Waals surface area contributed by atoms with E-state index < -0.39 is 0 Å². The van der Waals surface area contributed by atoms with Gasteiger partial charge in [0.05, 0.1) is 6.20 Å². The SMILES string of the molecule is Cc1c(-c2cc(C(=O)Nc3ccc(CN4CCCCC4C)cc3)on2)cnn1C. The van der Waals surface area contributed by atoms with Crippen LogP contribution in [0.25, 0.3) is 11.3 Å². The summed E-state index contributed by atoms with van der Waals surface area (Å²) in [6.45, 7) is 6.35. The van der Waals surface area contributed by atoms with Gasteiger partial charge in [-0.3, -0.25) is 14.4 Å². The first-order valence-corrected chi connectivity index (χ1v) is 10.1. The van der Waals surface area contributed by atoms with Gasteiger partial charge in [-0.2, -0.15) is 5.10 Å². The summed E-state index contributed by atoms with van der Waals surface area (Å²) >= 11 is 0. The highest BCUT2D eigenvalue weighted by atomic mass is 16.5. The summed E-state index contributed by atoms with van der Waals surface area (Å²) in [5.41, 5.74) is 4.41. The van der Waals surface area contributed by atoms with E-state index in [1.807, 2.05) is 26.1 Å². The number of aryl methyl sites for hydroxylation is 1. The molecule has 2 aromatic heterocycles. The van der Waals surface area contributed by atoms with Crippen LogP contribution in [-0.4, -0.2) is 38.3 Å². The van der Waals surface area contributed by atoms with E-state index in [1.54, 1.807) is 16.9 Å². The third kappa shape index (κ3) is 4.24. The molecule has 0 spiro atoms. The molecule has 0 saturated carbocycles. The molecular weight excluding hydrogens is 366 g/mol. The van der Waals surface area contributed by atoms with Gasteiger partial charge in [0, 0.05) is 42.6 Å². The number of benzene rings is 1. The second-order valence-electron chi connectivity index (χ2n) is 7.81.